The number of anilines is 1. The molecule has 0 unspecified atom stereocenters. The van der Waals surface area contributed by atoms with Gasteiger partial charge < -0.3 is 10.1 Å². The Hall–Kier alpha value is -2.30. The Morgan fingerprint density at radius 3 is 2.75 bits per heavy atom. The third kappa shape index (κ3) is 3.17. The fourth-order valence-electron chi connectivity index (χ4n) is 1.99. The highest BCUT2D eigenvalue weighted by molar-refractivity contribution is 5.92. The lowest BCUT2D eigenvalue weighted by Crippen LogP contribution is -2.21. The quantitative estimate of drug-likeness (QED) is 0.880. The molecule has 1 aromatic heterocycles. The van der Waals surface area contributed by atoms with Crippen LogP contribution in [0.1, 0.15) is 23.9 Å². The van der Waals surface area contributed by atoms with Crippen LogP contribution < -0.4 is 10.1 Å². The minimum Gasteiger partial charge on any atom is -0.483 e. The number of hydrogen-bond acceptors (Lipinski definition) is 3. The van der Waals surface area contributed by atoms with Crippen LogP contribution in [0.3, 0.4) is 0 Å². The Bertz CT molecular complexity index is 585. The molecule has 2 N–H and O–H groups in total. The zero-order chi connectivity index (χ0) is 14.5. The predicted molar refractivity (Wildman–Crippen MR) is 78.0 cm³/mol. The number of nitrogens with one attached hydrogen (secondary N) is 2. The summed E-state index contributed by atoms with van der Waals surface area (Å²) in [6.07, 6.45) is 0.873. The topological polar surface area (TPSA) is 67.0 Å². The number of benzene rings is 1. The van der Waals surface area contributed by atoms with Gasteiger partial charge in [0.2, 0.25) is 0 Å². The molecule has 1 aromatic carbocycles. The first kappa shape index (κ1) is 14.1. The van der Waals surface area contributed by atoms with Gasteiger partial charge in [0.25, 0.3) is 5.91 Å². The van der Waals surface area contributed by atoms with Crippen molar-refractivity contribution in [1.82, 2.24) is 10.2 Å². The molecular formula is C15H19N3O2. The Kier molecular flexibility index (Phi) is 4.40. The number of ether oxygens (including phenoxy) is 1. The second kappa shape index (κ2) is 6.23. The zero-order valence-electron chi connectivity index (χ0n) is 12.0. The number of carbonyl (C=O) groups is 1. The van der Waals surface area contributed by atoms with Crippen molar-refractivity contribution in [1.29, 1.82) is 0 Å². The standard InChI is InChI=1S/C15H19N3O2/c1-4-12-7-5-6-8-13(12)20-9-14(19)16-15-10(2)17-18-11(15)3/h5-8H,4,9H2,1-3H3,(H,16,19)(H,17,18). The Morgan fingerprint density at radius 2 is 2.10 bits per heavy atom. The van der Waals surface area contributed by atoms with Gasteiger partial charge in [0, 0.05) is 0 Å². The molecule has 106 valence electrons. The maximum absolute atomic E-state index is 11.9. The molecule has 20 heavy (non-hydrogen) atoms. The first-order valence-electron chi connectivity index (χ1n) is 6.64. The van der Waals surface area contributed by atoms with Crippen molar-refractivity contribution in [3.8, 4) is 5.75 Å². The molecule has 2 rings (SSSR count). The number of para-hydroxylation sites is 1. The van der Waals surface area contributed by atoms with E-state index in [2.05, 4.69) is 22.4 Å². The van der Waals surface area contributed by atoms with Crippen LogP contribution in [-0.2, 0) is 11.2 Å². The maximum atomic E-state index is 11.9. The first-order chi connectivity index (χ1) is 9.61. The highest BCUT2D eigenvalue weighted by atomic mass is 16.5. The number of rotatable bonds is 5. The lowest BCUT2D eigenvalue weighted by molar-refractivity contribution is -0.118. The van der Waals surface area contributed by atoms with Gasteiger partial charge in [-0.1, -0.05) is 25.1 Å². The van der Waals surface area contributed by atoms with Crippen molar-refractivity contribution in [2.75, 3.05) is 11.9 Å². The third-order valence-electron chi connectivity index (χ3n) is 3.10. The van der Waals surface area contributed by atoms with Gasteiger partial charge in [-0.05, 0) is 31.9 Å². The first-order valence-corrected chi connectivity index (χ1v) is 6.64. The maximum Gasteiger partial charge on any atom is 0.262 e. The van der Waals surface area contributed by atoms with Crippen LogP contribution in [0, 0.1) is 13.8 Å². The Balaban J connectivity index is 1.96. The van der Waals surface area contributed by atoms with Gasteiger partial charge in [0.05, 0.1) is 17.1 Å². The number of H-pyrrole nitrogens is 1. The van der Waals surface area contributed by atoms with Gasteiger partial charge in [-0.3, -0.25) is 9.89 Å². The zero-order valence-corrected chi connectivity index (χ0v) is 12.0. The van der Waals surface area contributed by atoms with Crippen LogP contribution in [0.15, 0.2) is 24.3 Å². The molecule has 0 saturated heterocycles. The molecule has 5 heteroatoms. The van der Waals surface area contributed by atoms with E-state index >= 15 is 0 Å². The summed E-state index contributed by atoms with van der Waals surface area (Å²) < 4.78 is 5.58. The molecule has 0 aliphatic carbocycles. The highest BCUT2D eigenvalue weighted by Gasteiger charge is 2.11. The molecule has 0 spiro atoms. The average Bonchev–Trinajstić information content (AvgIpc) is 2.77. The van der Waals surface area contributed by atoms with E-state index < -0.39 is 0 Å². The number of aromatic amines is 1. The summed E-state index contributed by atoms with van der Waals surface area (Å²) in [6, 6.07) is 7.73. The lowest BCUT2D eigenvalue weighted by atomic mass is 10.1. The van der Waals surface area contributed by atoms with Crippen LogP contribution in [0.5, 0.6) is 5.75 Å². The van der Waals surface area contributed by atoms with Gasteiger partial charge in [0.15, 0.2) is 6.61 Å². The van der Waals surface area contributed by atoms with E-state index in [0.29, 0.717) is 0 Å². The molecule has 0 aliphatic rings. The van der Waals surface area contributed by atoms with Crippen LogP contribution in [0.4, 0.5) is 5.69 Å². The van der Waals surface area contributed by atoms with E-state index in [1.807, 2.05) is 38.1 Å². The fourth-order valence-corrected chi connectivity index (χ4v) is 1.99. The summed E-state index contributed by atoms with van der Waals surface area (Å²) in [5.41, 5.74) is 3.42. The second-order valence-electron chi connectivity index (χ2n) is 4.61. The molecule has 0 radical (unpaired) electrons. The number of aromatic nitrogens is 2. The monoisotopic (exact) mass is 273 g/mol. The number of nitrogens with zero attached hydrogens (tertiary/aromatic N) is 1. The van der Waals surface area contributed by atoms with Crippen molar-refractivity contribution in [2.24, 2.45) is 0 Å². The molecule has 0 fully saturated rings. The van der Waals surface area contributed by atoms with Crippen LogP contribution >= 0.6 is 0 Å². The van der Waals surface area contributed by atoms with Gasteiger partial charge in [-0.15, -0.1) is 0 Å². The van der Waals surface area contributed by atoms with E-state index in [9.17, 15) is 4.79 Å². The van der Waals surface area contributed by atoms with E-state index in [1.54, 1.807) is 0 Å². The van der Waals surface area contributed by atoms with E-state index in [0.717, 1.165) is 34.8 Å². The van der Waals surface area contributed by atoms with Crippen LogP contribution in [-0.4, -0.2) is 22.7 Å². The highest BCUT2D eigenvalue weighted by Crippen LogP contribution is 2.19. The smallest absolute Gasteiger partial charge is 0.262 e. The number of amides is 1. The Morgan fingerprint density at radius 1 is 1.35 bits per heavy atom. The molecule has 0 saturated carbocycles. The van der Waals surface area contributed by atoms with Gasteiger partial charge in [-0.2, -0.15) is 5.10 Å². The summed E-state index contributed by atoms with van der Waals surface area (Å²) >= 11 is 0. The largest absolute Gasteiger partial charge is 0.483 e. The summed E-state index contributed by atoms with van der Waals surface area (Å²) in [7, 11) is 0. The Labute approximate surface area is 118 Å². The molecule has 2 aromatic rings. The van der Waals surface area contributed by atoms with Crippen molar-refractivity contribution >= 4 is 11.6 Å². The van der Waals surface area contributed by atoms with E-state index in [4.69, 9.17) is 4.74 Å². The van der Waals surface area contributed by atoms with Crippen molar-refractivity contribution in [3.05, 3.63) is 41.2 Å². The van der Waals surface area contributed by atoms with Crippen molar-refractivity contribution < 1.29 is 9.53 Å². The third-order valence-corrected chi connectivity index (χ3v) is 3.10. The molecule has 1 amide bonds. The number of aryl methyl sites for hydroxylation is 3. The average molecular weight is 273 g/mol. The van der Waals surface area contributed by atoms with E-state index in [-0.39, 0.29) is 12.5 Å². The minimum atomic E-state index is -0.191. The second-order valence-corrected chi connectivity index (χ2v) is 4.61. The molecular weight excluding hydrogens is 254 g/mol. The molecule has 0 bridgehead atoms. The summed E-state index contributed by atoms with van der Waals surface area (Å²) in [6.45, 7) is 5.75. The number of hydrogen-bond donors (Lipinski definition) is 2. The van der Waals surface area contributed by atoms with Gasteiger partial charge in [-0.25, -0.2) is 0 Å². The van der Waals surface area contributed by atoms with Crippen LogP contribution in [0.2, 0.25) is 0 Å². The molecule has 0 atom stereocenters. The predicted octanol–water partition coefficient (Wildman–Crippen LogP) is 2.61. The SMILES string of the molecule is CCc1ccccc1OCC(=O)Nc1c(C)n[nH]c1C. The van der Waals surface area contributed by atoms with Crippen molar-refractivity contribution in [3.63, 3.8) is 0 Å². The lowest BCUT2D eigenvalue weighted by Gasteiger charge is -2.10. The molecule has 1 heterocycles. The van der Waals surface area contributed by atoms with E-state index in [1.165, 1.54) is 0 Å². The minimum absolute atomic E-state index is 0.0128. The summed E-state index contributed by atoms with van der Waals surface area (Å²) in [5, 5.41) is 9.67. The van der Waals surface area contributed by atoms with Crippen LogP contribution in [0.25, 0.3) is 0 Å². The fraction of sp³-hybridized carbons (Fsp3) is 0.333. The number of carbonyl (C=O) groups excluding carboxylic acids is 1. The molecule has 5 nitrogen and oxygen atoms in total. The van der Waals surface area contributed by atoms with Gasteiger partial charge in [0.1, 0.15) is 5.75 Å². The summed E-state index contributed by atoms with van der Waals surface area (Å²) in [5.74, 6) is 0.564. The normalized spacial score (nSPS) is 10.3. The molecule has 0 aliphatic heterocycles. The van der Waals surface area contributed by atoms with Gasteiger partial charge >= 0.3 is 0 Å². The van der Waals surface area contributed by atoms with Crippen molar-refractivity contribution in [2.45, 2.75) is 27.2 Å². The summed E-state index contributed by atoms with van der Waals surface area (Å²) in [4.78, 5) is 11.9.